The summed E-state index contributed by atoms with van der Waals surface area (Å²) in [7, 11) is 2.09. The molecule has 0 spiro atoms. The lowest BCUT2D eigenvalue weighted by Gasteiger charge is -2.34. The molecular formula is C14H20BrNS. The van der Waals surface area contributed by atoms with Gasteiger partial charge in [-0.2, -0.15) is 0 Å². The van der Waals surface area contributed by atoms with E-state index in [0.717, 1.165) is 10.4 Å². The summed E-state index contributed by atoms with van der Waals surface area (Å²) >= 11 is 5.51. The lowest BCUT2D eigenvalue weighted by atomic mass is 9.87. The zero-order chi connectivity index (χ0) is 12.3. The van der Waals surface area contributed by atoms with Gasteiger partial charge in [0, 0.05) is 20.7 Å². The van der Waals surface area contributed by atoms with Gasteiger partial charge in [0.05, 0.1) is 0 Å². The molecule has 1 nitrogen and oxygen atoms in total. The molecule has 17 heavy (non-hydrogen) atoms. The van der Waals surface area contributed by atoms with Crippen molar-refractivity contribution in [3.05, 3.63) is 28.7 Å². The van der Waals surface area contributed by atoms with E-state index in [1.807, 2.05) is 11.8 Å². The molecule has 0 heterocycles. The molecule has 1 N–H and O–H groups in total. The molecule has 3 atom stereocenters. The molecule has 1 aliphatic rings. The van der Waals surface area contributed by atoms with Crippen LogP contribution in [-0.2, 0) is 0 Å². The van der Waals surface area contributed by atoms with Crippen molar-refractivity contribution in [3.8, 4) is 0 Å². The summed E-state index contributed by atoms with van der Waals surface area (Å²) < 4.78 is 1.16. The largest absolute Gasteiger partial charge is 0.316 e. The Hall–Kier alpha value is 0.01000. The van der Waals surface area contributed by atoms with E-state index in [1.165, 1.54) is 24.2 Å². The van der Waals surface area contributed by atoms with Gasteiger partial charge in [0.2, 0.25) is 0 Å². The zero-order valence-electron chi connectivity index (χ0n) is 10.4. The standard InChI is InChI=1S/C14H20BrNS/c1-10-3-8-13(16-2)14(9-10)17-12-6-4-11(15)5-7-12/h4-7,10,13-14,16H,3,8-9H2,1-2H3. The van der Waals surface area contributed by atoms with Gasteiger partial charge in [-0.05, 0) is 56.5 Å². The van der Waals surface area contributed by atoms with Crippen LogP contribution in [0.4, 0.5) is 0 Å². The molecule has 0 bridgehead atoms. The molecule has 0 amide bonds. The van der Waals surface area contributed by atoms with Crippen LogP contribution in [0.5, 0.6) is 0 Å². The summed E-state index contributed by atoms with van der Waals surface area (Å²) in [5.74, 6) is 0.868. The fourth-order valence-corrected chi connectivity index (χ4v) is 4.25. The highest BCUT2D eigenvalue weighted by atomic mass is 79.9. The monoisotopic (exact) mass is 313 g/mol. The van der Waals surface area contributed by atoms with Crippen molar-refractivity contribution < 1.29 is 0 Å². The maximum atomic E-state index is 3.48. The van der Waals surface area contributed by atoms with Crippen LogP contribution in [-0.4, -0.2) is 18.3 Å². The second kappa shape index (κ2) is 6.26. The third-order valence-corrected chi connectivity index (χ3v) is 5.42. The van der Waals surface area contributed by atoms with Gasteiger partial charge in [-0.3, -0.25) is 0 Å². The molecule has 1 aromatic rings. The maximum Gasteiger partial charge on any atom is 0.0250 e. The molecule has 0 saturated heterocycles. The van der Waals surface area contributed by atoms with Gasteiger partial charge in [0.15, 0.2) is 0 Å². The molecule has 94 valence electrons. The Balaban J connectivity index is 2.02. The summed E-state index contributed by atoms with van der Waals surface area (Å²) in [5.41, 5.74) is 0. The molecule has 3 unspecified atom stereocenters. The number of nitrogens with one attached hydrogen (secondary N) is 1. The molecule has 0 aliphatic heterocycles. The molecule has 0 aromatic heterocycles. The smallest absolute Gasteiger partial charge is 0.0250 e. The van der Waals surface area contributed by atoms with E-state index < -0.39 is 0 Å². The summed E-state index contributed by atoms with van der Waals surface area (Å²) in [6, 6.07) is 9.34. The van der Waals surface area contributed by atoms with Crippen molar-refractivity contribution in [2.45, 2.75) is 42.4 Å². The summed E-state index contributed by atoms with van der Waals surface area (Å²) in [5, 5.41) is 4.19. The number of hydrogen-bond donors (Lipinski definition) is 1. The Labute approximate surface area is 117 Å². The highest BCUT2D eigenvalue weighted by Crippen LogP contribution is 2.36. The molecule has 1 aliphatic carbocycles. The normalized spacial score (nSPS) is 29.2. The topological polar surface area (TPSA) is 12.0 Å². The van der Waals surface area contributed by atoms with E-state index in [-0.39, 0.29) is 0 Å². The van der Waals surface area contributed by atoms with Gasteiger partial charge in [-0.25, -0.2) is 0 Å². The van der Waals surface area contributed by atoms with Gasteiger partial charge in [-0.1, -0.05) is 22.9 Å². The summed E-state index contributed by atoms with van der Waals surface area (Å²) in [6.07, 6.45) is 4.00. The van der Waals surface area contributed by atoms with Crippen LogP contribution in [0.15, 0.2) is 33.6 Å². The van der Waals surface area contributed by atoms with Crippen LogP contribution in [0.3, 0.4) is 0 Å². The quantitative estimate of drug-likeness (QED) is 0.892. The van der Waals surface area contributed by atoms with Crippen LogP contribution in [0, 0.1) is 5.92 Å². The van der Waals surface area contributed by atoms with Gasteiger partial charge in [-0.15, -0.1) is 11.8 Å². The van der Waals surface area contributed by atoms with E-state index >= 15 is 0 Å². The van der Waals surface area contributed by atoms with Crippen molar-refractivity contribution in [2.24, 2.45) is 5.92 Å². The first-order valence-corrected chi connectivity index (χ1v) is 7.96. The van der Waals surface area contributed by atoms with Crippen molar-refractivity contribution in [3.63, 3.8) is 0 Å². The number of hydrogen-bond acceptors (Lipinski definition) is 2. The number of thioether (sulfide) groups is 1. The predicted molar refractivity (Wildman–Crippen MR) is 79.6 cm³/mol. The van der Waals surface area contributed by atoms with E-state index in [4.69, 9.17) is 0 Å². The Kier molecular flexibility index (Phi) is 4.95. The van der Waals surface area contributed by atoms with E-state index in [0.29, 0.717) is 11.3 Å². The van der Waals surface area contributed by atoms with Gasteiger partial charge < -0.3 is 5.32 Å². The highest BCUT2D eigenvalue weighted by Gasteiger charge is 2.28. The van der Waals surface area contributed by atoms with E-state index in [1.54, 1.807) is 0 Å². The molecule has 1 fully saturated rings. The van der Waals surface area contributed by atoms with E-state index in [2.05, 4.69) is 59.5 Å². The average molecular weight is 314 g/mol. The highest BCUT2D eigenvalue weighted by molar-refractivity contribution is 9.10. The van der Waals surface area contributed by atoms with Crippen molar-refractivity contribution >= 4 is 27.7 Å². The first kappa shape index (κ1) is 13.4. The average Bonchev–Trinajstić information content (AvgIpc) is 2.32. The third-order valence-electron chi connectivity index (χ3n) is 3.53. The lowest BCUT2D eigenvalue weighted by Crippen LogP contribution is -2.40. The Morgan fingerprint density at radius 2 is 1.94 bits per heavy atom. The minimum Gasteiger partial charge on any atom is -0.316 e. The minimum absolute atomic E-state index is 0.667. The van der Waals surface area contributed by atoms with Crippen LogP contribution >= 0.6 is 27.7 Å². The van der Waals surface area contributed by atoms with Crippen LogP contribution in [0.1, 0.15) is 26.2 Å². The fraction of sp³-hybridized carbons (Fsp3) is 0.571. The molecular weight excluding hydrogens is 294 g/mol. The second-order valence-corrected chi connectivity index (χ2v) is 7.15. The SMILES string of the molecule is CNC1CCC(C)CC1Sc1ccc(Br)cc1. The molecule has 1 saturated carbocycles. The lowest BCUT2D eigenvalue weighted by molar-refractivity contribution is 0.329. The minimum atomic E-state index is 0.667. The Morgan fingerprint density at radius 3 is 2.59 bits per heavy atom. The molecule has 1 aromatic carbocycles. The Morgan fingerprint density at radius 1 is 1.24 bits per heavy atom. The molecule has 3 heteroatoms. The second-order valence-electron chi connectivity index (χ2n) is 4.92. The Bertz CT molecular complexity index is 352. The first-order valence-electron chi connectivity index (χ1n) is 6.28. The summed E-state index contributed by atoms with van der Waals surface area (Å²) in [4.78, 5) is 1.38. The molecule has 2 rings (SSSR count). The van der Waals surface area contributed by atoms with Crippen molar-refractivity contribution in [1.29, 1.82) is 0 Å². The number of rotatable bonds is 3. The first-order chi connectivity index (χ1) is 8.19. The predicted octanol–water partition coefficient (Wildman–Crippen LogP) is 4.32. The van der Waals surface area contributed by atoms with Gasteiger partial charge in [0.25, 0.3) is 0 Å². The summed E-state index contributed by atoms with van der Waals surface area (Å²) in [6.45, 7) is 2.38. The van der Waals surface area contributed by atoms with Gasteiger partial charge in [0.1, 0.15) is 0 Å². The van der Waals surface area contributed by atoms with E-state index in [9.17, 15) is 0 Å². The molecule has 0 radical (unpaired) electrons. The van der Waals surface area contributed by atoms with Crippen LogP contribution < -0.4 is 5.32 Å². The fourth-order valence-electron chi connectivity index (χ4n) is 2.48. The number of benzene rings is 1. The number of halogens is 1. The van der Waals surface area contributed by atoms with Crippen LogP contribution in [0.25, 0.3) is 0 Å². The van der Waals surface area contributed by atoms with Crippen LogP contribution in [0.2, 0.25) is 0 Å². The van der Waals surface area contributed by atoms with Crippen molar-refractivity contribution in [2.75, 3.05) is 7.05 Å². The maximum absolute atomic E-state index is 3.48. The third kappa shape index (κ3) is 3.73. The van der Waals surface area contributed by atoms with Crippen molar-refractivity contribution in [1.82, 2.24) is 5.32 Å². The zero-order valence-corrected chi connectivity index (χ0v) is 12.9. The van der Waals surface area contributed by atoms with Gasteiger partial charge >= 0.3 is 0 Å².